The van der Waals surface area contributed by atoms with E-state index in [9.17, 15) is 19.6 Å². The van der Waals surface area contributed by atoms with E-state index in [-0.39, 0.29) is 24.8 Å². The summed E-state index contributed by atoms with van der Waals surface area (Å²) in [5.74, 6) is -0.415. The molecule has 0 fully saturated rings. The summed E-state index contributed by atoms with van der Waals surface area (Å²) in [6.45, 7) is 9.79. The number of carbonyl (C=O) groups excluding carboxylic acids is 3. The Kier molecular flexibility index (Phi) is 5.89. The van der Waals surface area contributed by atoms with Crippen LogP contribution in [0, 0.1) is 11.3 Å². The lowest BCUT2D eigenvalue weighted by Crippen LogP contribution is -2.38. The quantitative estimate of drug-likeness (QED) is 0.492. The summed E-state index contributed by atoms with van der Waals surface area (Å²) in [7, 11) is 0. The number of nitrogens with zero attached hydrogens (tertiary/aromatic N) is 1. The number of nitriles is 1. The molecule has 1 aliphatic rings. The number of benzene rings is 2. The van der Waals surface area contributed by atoms with Gasteiger partial charge in [-0.1, -0.05) is 19.9 Å². The third-order valence-electron chi connectivity index (χ3n) is 6.06. The van der Waals surface area contributed by atoms with Gasteiger partial charge in [-0.05, 0) is 56.7 Å². The second-order valence-electron chi connectivity index (χ2n) is 10.1. The third-order valence-corrected chi connectivity index (χ3v) is 6.06. The molecule has 2 amide bonds. The molecule has 0 radical (unpaired) electrons. The van der Waals surface area contributed by atoms with Crippen molar-refractivity contribution >= 4 is 28.7 Å². The van der Waals surface area contributed by atoms with Gasteiger partial charge >= 0.3 is 6.09 Å². The summed E-state index contributed by atoms with van der Waals surface area (Å²) < 4.78 is 5.17. The maximum atomic E-state index is 13.4. The Balaban J connectivity index is 1.54. The van der Waals surface area contributed by atoms with Crippen molar-refractivity contribution < 1.29 is 19.1 Å². The van der Waals surface area contributed by atoms with Crippen molar-refractivity contribution in [3.05, 3.63) is 69.9 Å². The van der Waals surface area contributed by atoms with Crippen molar-refractivity contribution in [1.29, 1.82) is 5.26 Å². The normalized spacial score (nSPS) is 14.0. The van der Waals surface area contributed by atoms with E-state index in [1.54, 1.807) is 57.2 Å². The first kappa shape index (κ1) is 24.0. The number of aromatic nitrogens is 1. The van der Waals surface area contributed by atoms with E-state index in [4.69, 9.17) is 4.74 Å². The molecule has 0 bridgehead atoms. The van der Waals surface area contributed by atoms with Crippen LogP contribution in [-0.4, -0.2) is 41.5 Å². The minimum Gasteiger partial charge on any atom is -0.444 e. The number of hydrogen-bond donors (Lipinski definition) is 3. The molecule has 0 spiro atoms. The maximum Gasteiger partial charge on any atom is 0.407 e. The molecule has 1 aliphatic carbocycles. The number of ether oxygens (including phenoxy) is 1. The second kappa shape index (κ2) is 8.58. The first-order valence-corrected chi connectivity index (χ1v) is 11.4. The first-order chi connectivity index (χ1) is 16.4. The molecule has 0 atom stereocenters. The Hall–Kier alpha value is -4.12. The lowest BCUT2D eigenvalue weighted by atomic mass is 9.71. The lowest BCUT2D eigenvalue weighted by Gasteiger charge is -2.32. The Morgan fingerprint density at radius 2 is 1.80 bits per heavy atom. The summed E-state index contributed by atoms with van der Waals surface area (Å²) in [4.78, 5) is 41.3. The van der Waals surface area contributed by atoms with Gasteiger partial charge in [-0.2, -0.15) is 5.26 Å². The Bertz CT molecular complexity index is 1400. The van der Waals surface area contributed by atoms with Crippen LogP contribution in [0.3, 0.4) is 0 Å². The number of amides is 2. The molecule has 3 N–H and O–H groups in total. The van der Waals surface area contributed by atoms with Gasteiger partial charge in [-0.25, -0.2) is 4.79 Å². The molecule has 8 nitrogen and oxygen atoms in total. The zero-order valence-electron chi connectivity index (χ0n) is 20.5. The summed E-state index contributed by atoms with van der Waals surface area (Å²) in [5.41, 5.74) is 3.18. The third kappa shape index (κ3) is 4.50. The van der Waals surface area contributed by atoms with Crippen molar-refractivity contribution in [2.45, 2.75) is 45.6 Å². The average Bonchev–Trinajstić information content (AvgIpc) is 3.19. The number of carbonyl (C=O) groups is 3. The minimum atomic E-state index is -0.594. The summed E-state index contributed by atoms with van der Waals surface area (Å²) in [6, 6.07) is 12.5. The van der Waals surface area contributed by atoms with E-state index >= 15 is 0 Å². The van der Waals surface area contributed by atoms with Crippen molar-refractivity contribution in [1.82, 2.24) is 15.6 Å². The van der Waals surface area contributed by atoms with Gasteiger partial charge in [0.25, 0.3) is 5.91 Å². The van der Waals surface area contributed by atoms with Crippen LogP contribution >= 0.6 is 0 Å². The van der Waals surface area contributed by atoms with Crippen LogP contribution in [0.2, 0.25) is 0 Å². The van der Waals surface area contributed by atoms with Gasteiger partial charge < -0.3 is 20.4 Å². The minimum absolute atomic E-state index is 0.112. The van der Waals surface area contributed by atoms with Crippen LogP contribution in [0.25, 0.3) is 10.9 Å². The number of rotatable bonds is 4. The molecule has 8 heteroatoms. The van der Waals surface area contributed by atoms with Crippen molar-refractivity contribution in [2.24, 2.45) is 0 Å². The Labute approximate surface area is 203 Å². The number of ketones is 1. The van der Waals surface area contributed by atoms with Crippen LogP contribution in [0.4, 0.5) is 4.79 Å². The van der Waals surface area contributed by atoms with Gasteiger partial charge in [-0.15, -0.1) is 0 Å². The van der Waals surface area contributed by atoms with E-state index in [0.29, 0.717) is 22.3 Å². The molecule has 0 aliphatic heterocycles. The van der Waals surface area contributed by atoms with Crippen molar-refractivity contribution in [2.75, 3.05) is 13.1 Å². The summed E-state index contributed by atoms with van der Waals surface area (Å²) >= 11 is 0. The standard InChI is InChI=1S/C27H28N4O4/c1-26(2,3)35-25(34)30-11-10-29-24(33)16-7-9-17-19(13-16)27(4,5)23-21(22(17)32)18-8-6-15(14-28)12-20(18)31-23/h6-9,12-13,31H,10-11H2,1-5H3,(H,29,33)(H,30,34). The van der Waals surface area contributed by atoms with Crippen LogP contribution in [0.1, 0.15) is 77.7 Å². The molecule has 4 rings (SSSR count). The first-order valence-electron chi connectivity index (χ1n) is 11.4. The number of alkyl carbamates (subject to hydrolysis) is 1. The second-order valence-corrected chi connectivity index (χ2v) is 10.1. The maximum absolute atomic E-state index is 13.4. The summed E-state index contributed by atoms with van der Waals surface area (Å²) in [6.07, 6.45) is -0.545. The Morgan fingerprint density at radius 1 is 1.09 bits per heavy atom. The van der Waals surface area contributed by atoms with Crippen molar-refractivity contribution in [3.8, 4) is 6.07 Å². The zero-order chi connectivity index (χ0) is 25.5. The zero-order valence-corrected chi connectivity index (χ0v) is 20.5. The number of hydrogen-bond acceptors (Lipinski definition) is 5. The van der Waals surface area contributed by atoms with Gasteiger partial charge in [-0.3, -0.25) is 9.59 Å². The van der Waals surface area contributed by atoms with Gasteiger partial charge in [0.15, 0.2) is 5.78 Å². The molecule has 0 saturated carbocycles. The fraction of sp³-hybridized carbons (Fsp3) is 0.333. The molecular formula is C27H28N4O4. The summed E-state index contributed by atoms with van der Waals surface area (Å²) in [5, 5.41) is 15.4. The van der Waals surface area contributed by atoms with E-state index in [1.807, 2.05) is 13.8 Å². The van der Waals surface area contributed by atoms with E-state index in [0.717, 1.165) is 22.2 Å². The van der Waals surface area contributed by atoms with Gasteiger partial charge in [0.1, 0.15) is 5.60 Å². The lowest BCUT2D eigenvalue weighted by molar-refractivity contribution is 0.0526. The topological polar surface area (TPSA) is 124 Å². The Morgan fingerprint density at radius 3 is 2.49 bits per heavy atom. The van der Waals surface area contributed by atoms with Gasteiger partial charge in [0.05, 0.1) is 17.2 Å². The molecule has 2 aromatic carbocycles. The van der Waals surface area contributed by atoms with Gasteiger partial charge in [0.2, 0.25) is 0 Å². The van der Waals surface area contributed by atoms with Crippen molar-refractivity contribution in [3.63, 3.8) is 0 Å². The fourth-order valence-corrected chi connectivity index (χ4v) is 4.40. The highest BCUT2D eigenvalue weighted by Gasteiger charge is 2.40. The molecule has 1 aromatic heterocycles. The predicted octanol–water partition coefficient (Wildman–Crippen LogP) is 4.16. The number of fused-ring (bicyclic) bond motifs is 4. The van der Waals surface area contributed by atoms with E-state index in [2.05, 4.69) is 21.7 Å². The molecule has 0 unspecified atom stereocenters. The monoisotopic (exact) mass is 472 g/mol. The average molecular weight is 473 g/mol. The van der Waals surface area contributed by atoms with E-state index < -0.39 is 17.1 Å². The van der Waals surface area contributed by atoms with Crippen LogP contribution in [-0.2, 0) is 10.2 Å². The highest BCUT2D eigenvalue weighted by molar-refractivity contribution is 6.20. The number of H-pyrrole nitrogens is 1. The molecule has 0 saturated heterocycles. The molecule has 3 aromatic rings. The van der Waals surface area contributed by atoms with E-state index in [1.165, 1.54) is 0 Å². The number of nitrogens with one attached hydrogen (secondary N) is 3. The van der Waals surface area contributed by atoms with Crippen LogP contribution < -0.4 is 10.6 Å². The largest absolute Gasteiger partial charge is 0.444 e. The molecule has 35 heavy (non-hydrogen) atoms. The van der Waals surface area contributed by atoms with Gasteiger partial charge in [0, 0.05) is 46.2 Å². The fourth-order valence-electron chi connectivity index (χ4n) is 4.40. The van der Waals surface area contributed by atoms with Crippen LogP contribution in [0.15, 0.2) is 36.4 Å². The molecule has 180 valence electrons. The SMILES string of the molecule is CC(C)(C)OC(=O)NCCNC(=O)c1ccc2c(c1)C(C)(C)c1[nH]c3cc(C#N)ccc3c1C2=O. The highest BCUT2D eigenvalue weighted by atomic mass is 16.6. The predicted molar refractivity (Wildman–Crippen MR) is 132 cm³/mol. The smallest absolute Gasteiger partial charge is 0.407 e. The number of aromatic amines is 1. The molecular weight excluding hydrogens is 444 g/mol. The van der Waals surface area contributed by atoms with Crippen LogP contribution in [0.5, 0.6) is 0 Å². The molecule has 1 heterocycles. The highest BCUT2D eigenvalue weighted by Crippen LogP contribution is 2.44.